The van der Waals surface area contributed by atoms with E-state index in [2.05, 4.69) is 13.0 Å². The van der Waals surface area contributed by atoms with Crippen LogP contribution in [0, 0.1) is 22.7 Å². The molecule has 2 nitrogen and oxygen atoms in total. The SMILES string of the molecule is CCC1CCC(C#N)(CCOc2ccccc2)CC1. The minimum absolute atomic E-state index is 0.138. The number of rotatable bonds is 5. The van der Waals surface area contributed by atoms with Gasteiger partial charge in [-0.1, -0.05) is 31.5 Å². The summed E-state index contributed by atoms with van der Waals surface area (Å²) in [4.78, 5) is 0. The van der Waals surface area contributed by atoms with Crippen molar-refractivity contribution in [1.82, 2.24) is 0 Å². The molecule has 0 unspecified atom stereocenters. The third-order valence-electron chi connectivity index (χ3n) is 4.47. The van der Waals surface area contributed by atoms with Crippen LogP contribution in [-0.2, 0) is 0 Å². The molecule has 1 aliphatic carbocycles. The molecule has 0 aromatic heterocycles. The van der Waals surface area contributed by atoms with Crippen LogP contribution in [0.2, 0.25) is 0 Å². The highest BCUT2D eigenvalue weighted by molar-refractivity contribution is 5.20. The fraction of sp³-hybridized carbons (Fsp3) is 0.588. The molecular formula is C17H23NO. The monoisotopic (exact) mass is 257 g/mol. The molecule has 1 aromatic carbocycles. The first kappa shape index (κ1) is 13.9. The summed E-state index contributed by atoms with van der Waals surface area (Å²) < 4.78 is 5.74. The average molecular weight is 257 g/mol. The van der Waals surface area contributed by atoms with Crippen molar-refractivity contribution < 1.29 is 4.74 Å². The summed E-state index contributed by atoms with van der Waals surface area (Å²) in [6.45, 7) is 2.90. The lowest BCUT2D eigenvalue weighted by Gasteiger charge is -2.34. The number of hydrogen-bond acceptors (Lipinski definition) is 2. The van der Waals surface area contributed by atoms with Crippen LogP contribution in [0.3, 0.4) is 0 Å². The standard InChI is InChI=1S/C17H23NO/c1-2-15-8-10-17(14-18,11-9-15)12-13-19-16-6-4-3-5-7-16/h3-7,15H,2,8-13H2,1H3. The van der Waals surface area contributed by atoms with Crippen LogP contribution in [0.1, 0.15) is 45.4 Å². The van der Waals surface area contributed by atoms with Gasteiger partial charge in [-0.25, -0.2) is 0 Å². The van der Waals surface area contributed by atoms with Crippen molar-refractivity contribution in [2.45, 2.75) is 45.4 Å². The quantitative estimate of drug-likeness (QED) is 0.774. The molecule has 1 fully saturated rings. The van der Waals surface area contributed by atoms with E-state index in [1.165, 1.54) is 19.3 Å². The van der Waals surface area contributed by atoms with Gasteiger partial charge in [0.05, 0.1) is 18.1 Å². The van der Waals surface area contributed by atoms with Gasteiger partial charge in [-0.2, -0.15) is 5.26 Å². The highest BCUT2D eigenvalue weighted by Gasteiger charge is 2.34. The van der Waals surface area contributed by atoms with Crippen LogP contribution < -0.4 is 4.74 Å². The molecule has 0 amide bonds. The molecule has 19 heavy (non-hydrogen) atoms. The summed E-state index contributed by atoms with van der Waals surface area (Å²) in [7, 11) is 0. The Kier molecular flexibility index (Phi) is 4.85. The first-order valence-corrected chi connectivity index (χ1v) is 7.37. The molecule has 0 heterocycles. The molecule has 0 saturated heterocycles. The van der Waals surface area contributed by atoms with E-state index in [-0.39, 0.29) is 5.41 Å². The Hall–Kier alpha value is -1.49. The Morgan fingerprint density at radius 1 is 1.26 bits per heavy atom. The van der Waals surface area contributed by atoms with Gasteiger partial charge in [-0.15, -0.1) is 0 Å². The van der Waals surface area contributed by atoms with Gasteiger partial charge in [0.1, 0.15) is 5.75 Å². The molecule has 1 aliphatic rings. The molecule has 102 valence electrons. The minimum atomic E-state index is -0.138. The van der Waals surface area contributed by atoms with E-state index >= 15 is 0 Å². The first-order chi connectivity index (χ1) is 9.28. The lowest BCUT2D eigenvalue weighted by molar-refractivity contribution is 0.161. The summed E-state index contributed by atoms with van der Waals surface area (Å²) >= 11 is 0. The zero-order valence-corrected chi connectivity index (χ0v) is 11.8. The average Bonchev–Trinajstić information content (AvgIpc) is 2.49. The molecule has 2 heteroatoms. The van der Waals surface area contributed by atoms with E-state index in [0.29, 0.717) is 6.61 Å². The van der Waals surface area contributed by atoms with E-state index in [9.17, 15) is 5.26 Å². The van der Waals surface area contributed by atoms with Crippen molar-refractivity contribution in [2.24, 2.45) is 11.3 Å². The van der Waals surface area contributed by atoms with Crippen LogP contribution in [0.4, 0.5) is 0 Å². The van der Waals surface area contributed by atoms with Crippen molar-refractivity contribution in [2.75, 3.05) is 6.61 Å². The van der Waals surface area contributed by atoms with Crippen molar-refractivity contribution in [3.8, 4) is 11.8 Å². The van der Waals surface area contributed by atoms with Crippen LogP contribution in [0.15, 0.2) is 30.3 Å². The molecule has 2 rings (SSSR count). The Labute approximate surface area is 116 Å². The zero-order chi connectivity index (χ0) is 13.6. The van der Waals surface area contributed by atoms with Crippen LogP contribution in [0.5, 0.6) is 5.75 Å². The summed E-state index contributed by atoms with van der Waals surface area (Å²) in [5.74, 6) is 1.73. The molecule has 0 aliphatic heterocycles. The fourth-order valence-electron chi connectivity index (χ4n) is 2.94. The van der Waals surface area contributed by atoms with Gasteiger partial charge in [0.25, 0.3) is 0 Å². The summed E-state index contributed by atoms with van der Waals surface area (Å²) in [5, 5.41) is 9.49. The number of nitriles is 1. The maximum absolute atomic E-state index is 9.49. The van der Waals surface area contributed by atoms with Crippen molar-refractivity contribution in [3.05, 3.63) is 30.3 Å². The van der Waals surface area contributed by atoms with Crippen molar-refractivity contribution in [3.63, 3.8) is 0 Å². The Balaban J connectivity index is 1.82. The second-order valence-electron chi connectivity index (χ2n) is 5.66. The van der Waals surface area contributed by atoms with Crippen molar-refractivity contribution in [1.29, 1.82) is 5.26 Å². The predicted molar refractivity (Wildman–Crippen MR) is 76.8 cm³/mol. The number of hydrogen-bond donors (Lipinski definition) is 0. The molecule has 0 spiro atoms. The van der Waals surface area contributed by atoms with Gasteiger partial charge in [0.2, 0.25) is 0 Å². The highest BCUT2D eigenvalue weighted by atomic mass is 16.5. The summed E-state index contributed by atoms with van der Waals surface area (Å²) in [5.41, 5.74) is -0.138. The highest BCUT2D eigenvalue weighted by Crippen LogP contribution is 2.42. The number of benzene rings is 1. The van der Waals surface area contributed by atoms with E-state index in [1.807, 2.05) is 30.3 Å². The lowest BCUT2D eigenvalue weighted by atomic mass is 9.69. The van der Waals surface area contributed by atoms with Crippen LogP contribution >= 0.6 is 0 Å². The second-order valence-corrected chi connectivity index (χ2v) is 5.66. The Bertz CT molecular complexity index is 413. The molecule has 0 atom stereocenters. The Morgan fingerprint density at radius 2 is 1.95 bits per heavy atom. The van der Waals surface area contributed by atoms with Crippen LogP contribution in [-0.4, -0.2) is 6.61 Å². The van der Waals surface area contributed by atoms with Gasteiger partial charge in [-0.3, -0.25) is 0 Å². The molecular weight excluding hydrogens is 234 g/mol. The topological polar surface area (TPSA) is 33.0 Å². The summed E-state index contributed by atoms with van der Waals surface area (Å²) in [6.07, 6.45) is 6.60. The largest absolute Gasteiger partial charge is 0.494 e. The number of nitrogens with zero attached hydrogens (tertiary/aromatic N) is 1. The molecule has 0 bridgehead atoms. The molecule has 0 radical (unpaired) electrons. The third kappa shape index (κ3) is 3.73. The van der Waals surface area contributed by atoms with E-state index in [4.69, 9.17) is 4.74 Å². The molecule has 1 aromatic rings. The summed E-state index contributed by atoms with van der Waals surface area (Å²) in [6, 6.07) is 12.4. The Morgan fingerprint density at radius 3 is 2.53 bits per heavy atom. The van der Waals surface area contributed by atoms with Gasteiger partial charge in [-0.05, 0) is 43.7 Å². The fourth-order valence-corrected chi connectivity index (χ4v) is 2.94. The van der Waals surface area contributed by atoms with Gasteiger partial charge < -0.3 is 4.74 Å². The van der Waals surface area contributed by atoms with E-state index < -0.39 is 0 Å². The number of ether oxygens (including phenoxy) is 1. The van der Waals surface area contributed by atoms with Gasteiger partial charge in [0, 0.05) is 6.42 Å². The second kappa shape index (κ2) is 6.61. The zero-order valence-electron chi connectivity index (χ0n) is 11.8. The maximum Gasteiger partial charge on any atom is 0.119 e. The van der Waals surface area contributed by atoms with Crippen molar-refractivity contribution >= 4 is 0 Å². The normalized spacial score (nSPS) is 26.6. The smallest absolute Gasteiger partial charge is 0.119 e. The molecule has 0 N–H and O–H groups in total. The predicted octanol–water partition coefficient (Wildman–Crippen LogP) is 4.57. The van der Waals surface area contributed by atoms with E-state index in [1.54, 1.807) is 0 Å². The minimum Gasteiger partial charge on any atom is -0.494 e. The molecule has 1 saturated carbocycles. The maximum atomic E-state index is 9.49. The number of para-hydroxylation sites is 1. The van der Waals surface area contributed by atoms with Gasteiger partial charge >= 0.3 is 0 Å². The first-order valence-electron chi connectivity index (χ1n) is 7.37. The lowest BCUT2D eigenvalue weighted by Crippen LogP contribution is -2.27. The van der Waals surface area contributed by atoms with Gasteiger partial charge in [0.15, 0.2) is 0 Å². The van der Waals surface area contributed by atoms with E-state index in [0.717, 1.165) is 30.9 Å². The third-order valence-corrected chi connectivity index (χ3v) is 4.47. The van der Waals surface area contributed by atoms with Crippen LogP contribution in [0.25, 0.3) is 0 Å².